The lowest BCUT2D eigenvalue weighted by molar-refractivity contribution is -0.127. The van der Waals surface area contributed by atoms with Gasteiger partial charge in [0.1, 0.15) is 6.10 Å². The maximum atomic E-state index is 11.5. The molecule has 0 saturated heterocycles. The van der Waals surface area contributed by atoms with Crippen molar-refractivity contribution in [1.82, 2.24) is 4.67 Å². The Bertz CT molecular complexity index is 558. The van der Waals surface area contributed by atoms with Gasteiger partial charge in [0.05, 0.1) is 0 Å². The third-order valence-electron chi connectivity index (χ3n) is 6.29. The first kappa shape index (κ1) is 37.3. The van der Waals surface area contributed by atoms with Crippen LogP contribution in [0.15, 0.2) is 12.2 Å². The third-order valence-corrected chi connectivity index (χ3v) is 7.04. The van der Waals surface area contributed by atoms with Gasteiger partial charge >= 0.3 is 7.83 Å². The highest BCUT2D eigenvalue weighted by Gasteiger charge is 2.13. The molecule has 214 valence electrons. The number of aliphatic hydroxyl groups excluding tert-OH is 2. The number of unbranched alkanes of at least 4 members (excludes halogenated alkanes) is 15. The molecule has 1 unspecified atom stereocenters. The van der Waals surface area contributed by atoms with Gasteiger partial charge in [0.25, 0.3) is 0 Å². The summed E-state index contributed by atoms with van der Waals surface area (Å²) >= 11 is 0. The van der Waals surface area contributed by atoms with E-state index in [0.717, 1.165) is 19.3 Å². The normalized spacial score (nSPS) is 12.1. The predicted octanol–water partition coefficient (Wildman–Crippen LogP) is 8.31. The molecule has 0 saturated carbocycles. The molecular formula is C29H58NO5P. The van der Waals surface area contributed by atoms with Crippen LogP contribution in [-0.2, 0) is 13.9 Å². The standard InChI is InChI=1S/C25H48O3.C4H10NO2P/c1-2-3-4-5-6-7-8-9-10-11-12-13-14-15-16-17-18-19-20-21-24(27)25(28)22-23-26;1-3-4-5(2)8(6)7/h9-10,25-26,28H,2-8,11-23H2,1H3;3-4H2,1-2H3. The van der Waals surface area contributed by atoms with Gasteiger partial charge < -0.3 is 10.2 Å². The molecule has 0 bridgehead atoms. The van der Waals surface area contributed by atoms with Crippen molar-refractivity contribution < 1.29 is 24.1 Å². The van der Waals surface area contributed by atoms with E-state index in [4.69, 9.17) is 5.11 Å². The van der Waals surface area contributed by atoms with E-state index in [9.17, 15) is 19.0 Å². The fraction of sp³-hybridized carbons (Fsp3) is 0.897. The van der Waals surface area contributed by atoms with Crippen LogP contribution in [-0.4, -0.2) is 47.0 Å². The van der Waals surface area contributed by atoms with Crippen LogP contribution in [0.5, 0.6) is 0 Å². The SMILES string of the molecule is CCCCCCCCC=CCCCCCCCCCCCC(=O)C(O)CCO.CCCN(C)P(=O)=O. The molecule has 0 radical (unpaired) electrons. The molecule has 0 heterocycles. The van der Waals surface area contributed by atoms with Crippen molar-refractivity contribution in [3.8, 4) is 0 Å². The quantitative estimate of drug-likeness (QED) is 0.0699. The van der Waals surface area contributed by atoms with Crippen molar-refractivity contribution in [2.24, 2.45) is 0 Å². The minimum atomic E-state index is -2.33. The lowest BCUT2D eigenvalue weighted by atomic mass is 10.0. The molecule has 36 heavy (non-hydrogen) atoms. The maximum Gasteiger partial charge on any atom is 0.398 e. The number of hydrogen-bond donors (Lipinski definition) is 2. The summed E-state index contributed by atoms with van der Waals surface area (Å²) in [5, 5.41) is 18.2. The van der Waals surface area contributed by atoms with Crippen LogP contribution in [0.25, 0.3) is 0 Å². The highest BCUT2D eigenvalue weighted by molar-refractivity contribution is 7.27. The molecule has 0 aliphatic carbocycles. The van der Waals surface area contributed by atoms with E-state index in [0.29, 0.717) is 13.0 Å². The van der Waals surface area contributed by atoms with Crippen LogP contribution >= 0.6 is 7.83 Å². The molecule has 0 amide bonds. The number of hydrogen-bond acceptors (Lipinski definition) is 5. The van der Waals surface area contributed by atoms with E-state index < -0.39 is 13.9 Å². The molecule has 0 aliphatic rings. The molecule has 0 aromatic carbocycles. The Balaban J connectivity index is 0. The summed E-state index contributed by atoms with van der Waals surface area (Å²) in [7, 11) is -0.770. The van der Waals surface area contributed by atoms with Gasteiger partial charge in [0.15, 0.2) is 5.78 Å². The van der Waals surface area contributed by atoms with Gasteiger partial charge in [-0.25, -0.2) is 13.8 Å². The fourth-order valence-corrected chi connectivity index (χ4v) is 4.30. The summed E-state index contributed by atoms with van der Waals surface area (Å²) in [5.41, 5.74) is 0. The average molecular weight is 532 g/mol. The Morgan fingerprint density at radius 3 is 1.58 bits per heavy atom. The minimum absolute atomic E-state index is 0.116. The Morgan fingerprint density at radius 2 is 1.19 bits per heavy atom. The van der Waals surface area contributed by atoms with E-state index in [1.807, 2.05) is 6.92 Å². The highest BCUT2D eigenvalue weighted by Crippen LogP contribution is 2.13. The van der Waals surface area contributed by atoms with Crippen LogP contribution in [0.3, 0.4) is 0 Å². The topological polar surface area (TPSA) is 94.9 Å². The Kier molecular flexibility index (Phi) is 31.5. The first-order valence-electron chi connectivity index (χ1n) is 14.7. The summed E-state index contributed by atoms with van der Waals surface area (Å²) in [5.74, 6) is -0.116. The van der Waals surface area contributed by atoms with Crippen molar-refractivity contribution >= 4 is 13.6 Å². The molecule has 1 atom stereocenters. The van der Waals surface area contributed by atoms with Crippen LogP contribution in [0.4, 0.5) is 0 Å². The van der Waals surface area contributed by atoms with Crippen LogP contribution in [0, 0.1) is 0 Å². The fourth-order valence-electron chi connectivity index (χ4n) is 3.93. The Hall–Kier alpha value is -0.810. The molecule has 0 rings (SSSR count). The summed E-state index contributed by atoms with van der Waals surface area (Å²) < 4.78 is 21.4. The Labute approximate surface area is 223 Å². The minimum Gasteiger partial charge on any atom is -0.396 e. The van der Waals surface area contributed by atoms with E-state index in [2.05, 4.69) is 19.1 Å². The molecule has 0 aliphatic heterocycles. The molecule has 0 spiro atoms. The lowest BCUT2D eigenvalue weighted by Crippen LogP contribution is -2.21. The number of Topliss-reactive ketones (excluding diaryl/α,β-unsaturated/α-hetero) is 1. The number of ketones is 1. The monoisotopic (exact) mass is 531 g/mol. The smallest absolute Gasteiger partial charge is 0.396 e. The van der Waals surface area contributed by atoms with Crippen LogP contribution < -0.4 is 0 Å². The first-order chi connectivity index (χ1) is 17.4. The third kappa shape index (κ3) is 29.4. The van der Waals surface area contributed by atoms with Crippen molar-refractivity contribution in [3.05, 3.63) is 12.2 Å². The summed E-state index contributed by atoms with van der Waals surface area (Å²) in [4.78, 5) is 11.5. The number of allylic oxidation sites excluding steroid dienone is 2. The molecule has 0 aromatic heterocycles. The molecule has 6 nitrogen and oxygen atoms in total. The highest BCUT2D eigenvalue weighted by atomic mass is 31.1. The molecule has 2 N–H and O–H groups in total. The lowest BCUT2D eigenvalue weighted by Gasteiger charge is -2.07. The van der Waals surface area contributed by atoms with Gasteiger partial charge in [0, 0.05) is 33.0 Å². The van der Waals surface area contributed by atoms with E-state index in [1.54, 1.807) is 7.05 Å². The number of carbonyl (C=O) groups excluding carboxylic acids is 1. The van der Waals surface area contributed by atoms with Gasteiger partial charge in [-0.15, -0.1) is 0 Å². The first-order valence-corrected chi connectivity index (χ1v) is 15.9. The summed E-state index contributed by atoms with van der Waals surface area (Å²) in [6, 6.07) is 0. The summed E-state index contributed by atoms with van der Waals surface area (Å²) in [6.45, 7) is 4.71. The van der Waals surface area contributed by atoms with Crippen molar-refractivity contribution in [1.29, 1.82) is 0 Å². The largest absolute Gasteiger partial charge is 0.398 e. The number of carbonyl (C=O) groups is 1. The Morgan fingerprint density at radius 1 is 0.750 bits per heavy atom. The van der Waals surface area contributed by atoms with Crippen LogP contribution in [0.1, 0.15) is 142 Å². The van der Waals surface area contributed by atoms with Crippen molar-refractivity contribution in [2.45, 2.75) is 148 Å². The average Bonchev–Trinajstić information content (AvgIpc) is 2.86. The molecule has 7 heteroatoms. The van der Waals surface area contributed by atoms with Gasteiger partial charge in [-0.05, 0) is 38.5 Å². The van der Waals surface area contributed by atoms with Gasteiger partial charge in [0.2, 0.25) is 0 Å². The predicted molar refractivity (Wildman–Crippen MR) is 152 cm³/mol. The van der Waals surface area contributed by atoms with Crippen molar-refractivity contribution in [3.63, 3.8) is 0 Å². The second kappa shape index (κ2) is 30.4. The number of nitrogens with zero attached hydrogens (tertiary/aromatic N) is 1. The maximum absolute atomic E-state index is 11.5. The molecule has 0 fully saturated rings. The van der Waals surface area contributed by atoms with Crippen LogP contribution in [0.2, 0.25) is 0 Å². The number of aliphatic hydroxyl groups is 2. The van der Waals surface area contributed by atoms with Gasteiger partial charge in [-0.2, -0.15) is 0 Å². The molecular weight excluding hydrogens is 473 g/mol. The van der Waals surface area contributed by atoms with Crippen molar-refractivity contribution in [2.75, 3.05) is 20.2 Å². The zero-order chi connectivity index (χ0) is 27.3. The van der Waals surface area contributed by atoms with Gasteiger partial charge in [-0.1, -0.05) is 103 Å². The zero-order valence-electron chi connectivity index (χ0n) is 23.8. The van der Waals surface area contributed by atoms with E-state index >= 15 is 0 Å². The van der Waals surface area contributed by atoms with E-state index in [1.165, 1.54) is 101 Å². The second-order valence-electron chi connectivity index (χ2n) is 9.86. The molecule has 0 aromatic rings. The second-order valence-corrected chi connectivity index (χ2v) is 11.0. The summed E-state index contributed by atoms with van der Waals surface area (Å²) in [6.07, 6.45) is 27.1. The number of rotatable bonds is 25. The van der Waals surface area contributed by atoms with Gasteiger partial charge in [-0.3, -0.25) is 4.79 Å². The van der Waals surface area contributed by atoms with E-state index in [-0.39, 0.29) is 18.8 Å². The zero-order valence-corrected chi connectivity index (χ0v) is 24.7.